The van der Waals surface area contributed by atoms with Crippen molar-refractivity contribution in [3.05, 3.63) is 46.9 Å². The van der Waals surface area contributed by atoms with Crippen LogP contribution in [0.4, 0.5) is 4.39 Å². The van der Waals surface area contributed by atoms with Crippen LogP contribution in [0.2, 0.25) is 0 Å². The molecule has 1 aromatic rings. The molecule has 2 rings (SSSR count). The molecule has 0 radical (unpaired) electrons. The van der Waals surface area contributed by atoms with Crippen LogP contribution < -0.4 is 5.73 Å². The highest BCUT2D eigenvalue weighted by molar-refractivity contribution is 5.94. The highest BCUT2D eigenvalue weighted by Crippen LogP contribution is 2.21. The van der Waals surface area contributed by atoms with Crippen LogP contribution in [0.3, 0.4) is 0 Å². The largest absolute Gasteiger partial charge is 0.333 e. The fourth-order valence-electron chi connectivity index (χ4n) is 2.15. The minimum Gasteiger partial charge on any atom is -0.333 e. The minimum absolute atomic E-state index is 0.151. The number of carbonyl (C=O) groups is 1. The number of amides is 1. The Balaban J connectivity index is 2.19. The number of hydrogen-bond acceptors (Lipinski definition) is 3. The third kappa shape index (κ3) is 2.71. The summed E-state index contributed by atoms with van der Waals surface area (Å²) in [5.74, 6) is -0.510. The molecule has 0 bridgehead atoms. The second-order valence-corrected chi connectivity index (χ2v) is 4.57. The van der Waals surface area contributed by atoms with Gasteiger partial charge in [0.25, 0.3) is 5.91 Å². The molecule has 19 heavy (non-hydrogen) atoms. The van der Waals surface area contributed by atoms with Gasteiger partial charge in [-0.15, -0.1) is 0 Å². The SMILES string of the molecule is C=N/C(C)=C1\CN(C(=O)c2ccc(F)cc2)CC1N. The summed E-state index contributed by atoms with van der Waals surface area (Å²) in [6.45, 7) is 6.19. The van der Waals surface area contributed by atoms with Crippen molar-refractivity contribution in [1.29, 1.82) is 0 Å². The first kappa shape index (κ1) is 13.4. The number of nitrogens with zero attached hydrogens (tertiary/aromatic N) is 2. The van der Waals surface area contributed by atoms with Gasteiger partial charge in [-0.05, 0) is 43.5 Å². The summed E-state index contributed by atoms with van der Waals surface area (Å²) in [7, 11) is 0. The molecule has 1 heterocycles. The number of hydrogen-bond donors (Lipinski definition) is 1. The molecule has 1 aromatic carbocycles. The lowest BCUT2D eigenvalue weighted by Gasteiger charge is -2.15. The number of likely N-dealkylation sites (tertiary alicyclic amines) is 1. The molecule has 1 aliphatic rings. The number of halogens is 1. The number of aliphatic imine (C=N–C) groups is 1. The molecule has 1 unspecified atom stereocenters. The van der Waals surface area contributed by atoms with Gasteiger partial charge in [0, 0.05) is 30.4 Å². The number of nitrogens with two attached hydrogens (primary N) is 1. The van der Waals surface area contributed by atoms with Gasteiger partial charge in [0.2, 0.25) is 0 Å². The van der Waals surface area contributed by atoms with E-state index in [2.05, 4.69) is 11.7 Å². The van der Waals surface area contributed by atoms with E-state index in [-0.39, 0.29) is 17.8 Å². The minimum atomic E-state index is -0.359. The Morgan fingerprint density at radius 2 is 2.11 bits per heavy atom. The van der Waals surface area contributed by atoms with Crippen molar-refractivity contribution in [2.24, 2.45) is 10.7 Å². The first-order valence-electron chi connectivity index (χ1n) is 5.99. The molecular weight excluding hydrogens is 245 g/mol. The molecule has 0 spiro atoms. The predicted octanol–water partition coefficient (Wildman–Crippen LogP) is 1.58. The van der Waals surface area contributed by atoms with Crippen LogP contribution in [0.5, 0.6) is 0 Å². The van der Waals surface area contributed by atoms with E-state index >= 15 is 0 Å². The van der Waals surface area contributed by atoms with Crippen molar-refractivity contribution in [2.45, 2.75) is 13.0 Å². The number of benzene rings is 1. The van der Waals surface area contributed by atoms with Crippen LogP contribution in [0.25, 0.3) is 0 Å². The molecule has 1 fully saturated rings. The Bertz CT molecular complexity index is 536. The lowest BCUT2D eigenvalue weighted by atomic mass is 10.1. The van der Waals surface area contributed by atoms with E-state index in [0.717, 1.165) is 11.3 Å². The third-order valence-electron chi connectivity index (χ3n) is 3.31. The molecule has 1 saturated heterocycles. The Morgan fingerprint density at radius 3 is 2.68 bits per heavy atom. The summed E-state index contributed by atoms with van der Waals surface area (Å²) in [4.78, 5) is 17.7. The van der Waals surface area contributed by atoms with E-state index in [1.165, 1.54) is 24.3 Å². The van der Waals surface area contributed by atoms with Crippen molar-refractivity contribution in [3.8, 4) is 0 Å². The molecule has 0 aromatic heterocycles. The summed E-state index contributed by atoms with van der Waals surface area (Å²) in [6, 6.07) is 5.29. The molecule has 0 aliphatic carbocycles. The summed E-state index contributed by atoms with van der Waals surface area (Å²) in [6.07, 6.45) is 0. The van der Waals surface area contributed by atoms with E-state index < -0.39 is 0 Å². The van der Waals surface area contributed by atoms with E-state index in [4.69, 9.17) is 5.73 Å². The fraction of sp³-hybridized carbons (Fsp3) is 0.286. The summed E-state index contributed by atoms with van der Waals surface area (Å²) in [5, 5.41) is 0. The van der Waals surface area contributed by atoms with Crippen molar-refractivity contribution in [2.75, 3.05) is 13.1 Å². The maximum atomic E-state index is 12.8. The van der Waals surface area contributed by atoms with Crippen molar-refractivity contribution < 1.29 is 9.18 Å². The molecule has 1 atom stereocenters. The second-order valence-electron chi connectivity index (χ2n) is 4.57. The van der Waals surface area contributed by atoms with Crippen LogP contribution >= 0.6 is 0 Å². The van der Waals surface area contributed by atoms with Gasteiger partial charge in [-0.3, -0.25) is 9.79 Å². The molecular formula is C14H16FN3O. The van der Waals surface area contributed by atoms with Gasteiger partial charge >= 0.3 is 0 Å². The van der Waals surface area contributed by atoms with Crippen LogP contribution in [0.1, 0.15) is 17.3 Å². The number of carbonyl (C=O) groups excluding carboxylic acids is 1. The van der Waals surface area contributed by atoms with Crippen LogP contribution in [0, 0.1) is 5.82 Å². The Morgan fingerprint density at radius 1 is 1.47 bits per heavy atom. The van der Waals surface area contributed by atoms with E-state index in [0.29, 0.717) is 18.7 Å². The van der Waals surface area contributed by atoms with Crippen molar-refractivity contribution in [3.63, 3.8) is 0 Å². The molecule has 0 saturated carbocycles. The van der Waals surface area contributed by atoms with E-state index in [1.807, 2.05) is 6.92 Å². The second kappa shape index (κ2) is 5.32. The van der Waals surface area contributed by atoms with Crippen LogP contribution in [-0.2, 0) is 0 Å². The van der Waals surface area contributed by atoms with Crippen molar-refractivity contribution >= 4 is 12.6 Å². The number of allylic oxidation sites excluding steroid dienone is 1. The third-order valence-corrected chi connectivity index (χ3v) is 3.31. The zero-order valence-electron chi connectivity index (χ0n) is 10.8. The monoisotopic (exact) mass is 261 g/mol. The molecule has 1 aliphatic heterocycles. The quantitative estimate of drug-likeness (QED) is 0.822. The van der Waals surface area contributed by atoms with Gasteiger partial charge in [0.1, 0.15) is 5.82 Å². The van der Waals surface area contributed by atoms with Crippen LogP contribution in [-0.4, -0.2) is 36.7 Å². The first-order valence-corrected chi connectivity index (χ1v) is 5.99. The Hall–Kier alpha value is -2.01. The Kier molecular flexibility index (Phi) is 3.76. The summed E-state index contributed by atoms with van der Waals surface area (Å²) in [5.41, 5.74) is 8.13. The van der Waals surface area contributed by atoms with Gasteiger partial charge < -0.3 is 10.6 Å². The lowest BCUT2D eigenvalue weighted by Crippen LogP contribution is -2.31. The standard InChI is InChI=1S/C14H16FN3O/c1-9(17-2)12-7-18(8-13(12)16)14(19)10-3-5-11(15)6-4-10/h3-6,13H,2,7-8,16H2,1H3/b12-9+. The van der Waals surface area contributed by atoms with Gasteiger partial charge in [-0.2, -0.15) is 0 Å². The predicted molar refractivity (Wildman–Crippen MR) is 72.5 cm³/mol. The average Bonchev–Trinajstić information content (AvgIpc) is 2.80. The summed E-state index contributed by atoms with van der Waals surface area (Å²) >= 11 is 0. The van der Waals surface area contributed by atoms with Gasteiger partial charge in [-0.1, -0.05) is 0 Å². The number of rotatable bonds is 2. The van der Waals surface area contributed by atoms with Gasteiger partial charge in [0.05, 0.1) is 0 Å². The smallest absolute Gasteiger partial charge is 0.254 e. The van der Waals surface area contributed by atoms with E-state index in [1.54, 1.807) is 4.90 Å². The topological polar surface area (TPSA) is 58.7 Å². The zero-order chi connectivity index (χ0) is 14.0. The normalized spacial score (nSPS) is 21.4. The van der Waals surface area contributed by atoms with Gasteiger partial charge in [-0.25, -0.2) is 4.39 Å². The van der Waals surface area contributed by atoms with Gasteiger partial charge in [0.15, 0.2) is 0 Å². The lowest BCUT2D eigenvalue weighted by molar-refractivity contribution is 0.0793. The first-order chi connectivity index (χ1) is 9.02. The van der Waals surface area contributed by atoms with Crippen LogP contribution in [0.15, 0.2) is 40.5 Å². The van der Waals surface area contributed by atoms with E-state index in [9.17, 15) is 9.18 Å². The fourth-order valence-corrected chi connectivity index (χ4v) is 2.15. The Labute approximate surface area is 111 Å². The molecule has 100 valence electrons. The molecule has 1 amide bonds. The zero-order valence-corrected chi connectivity index (χ0v) is 10.8. The van der Waals surface area contributed by atoms with Crippen molar-refractivity contribution in [1.82, 2.24) is 4.90 Å². The maximum Gasteiger partial charge on any atom is 0.254 e. The highest BCUT2D eigenvalue weighted by atomic mass is 19.1. The molecule has 4 nitrogen and oxygen atoms in total. The maximum absolute atomic E-state index is 12.8. The highest BCUT2D eigenvalue weighted by Gasteiger charge is 2.29. The summed E-state index contributed by atoms with van der Waals surface area (Å²) < 4.78 is 12.8. The molecule has 2 N–H and O–H groups in total. The molecule has 5 heteroatoms. The average molecular weight is 261 g/mol.